The Kier molecular flexibility index (Phi) is 6.46. The van der Waals surface area contributed by atoms with Gasteiger partial charge in [0.05, 0.1) is 23.7 Å². The van der Waals surface area contributed by atoms with Crippen molar-refractivity contribution >= 4 is 15.9 Å². The first-order valence-corrected chi connectivity index (χ1v) is 10.5. The second-order valence-electron chi connectivity index (χ2n) is 6.81. The molecule has 1 heterocycles. The van der Waals surface area contributed by atoms with Gasteiger partial charge < -0.3 is 4.74 Å². The smallest absolute Gasteiger partial charge is 0.274 e. The Hall–Kier alpha value is -2.26. The molecule has 2 atom stereocenters. The summed E-state index contributed by atoms with van der Waals surface area (Å²) in [4.78, 5) is 17.5. The number of amides is 1. The Labute approximate surface area is 165 Å². The van der Waals surface area contributed by atoms with Gasteiger partial charge in [0.15, 0.2) is 0 Å². The zero-order valence-electron chi connectivity index (χ0n) is 15.9. The van der Waals surface area contributed by atoms with E-state index in [4.69, 9.17) is 9.57 Å². The van der Waals surface area contributed by atoms with E-state index >= 15 is 0 Å². The van der Waals surface area contributed by atoms with E-state index in [1.54, 1.807) is 0 Å². The highest BCUT2D eigenvalue weighted by Crippen LogP contribution is 2.21. The third kappa shape index (κ3) is 4.96. The van der Waals surface area contributed by atoms with Crippen molar-refractivity contribution in [1.82, 2.24) is 9.79 Å². The molecular weight excluding hydrogens is 380 g/mol. The van der Waals surface area contributed by atoms with Crippen LogP contribution in [0.2, 0.25) is 0 Å². The molecule has 0 saturated carbocycles. The van der Waals surface area contributed by atoms with Crippen molar-refractivity contribution in [2.45, 2.75) is 37.6 Å². The molecule has 1 aliphatic heterocycles. The Balaban J connectivity index is 1.61. The van der Waals surface area contributed by atoms with Crippen molar-refractivity contribution in [3.8, 4) is 0 Å². The zero-order chi connectivity index (χ0) is 20.1. The van der Waals surface area contributed by atoms with E-state index < -0.39 is 15.9 Å². The minimum Gasteiger partial charge on any atom is -0.373 e. The third-order valence-electron chi connectivity index (χ3n) is 4.39. The van der Waals surface area contributed by atoms with Gasteiger partial charge in [0.25, 0.3) is 5.91 Å². The molecule has 0 radical (unpaired) electrons. The number of benzene rings is 2. The summed E-state index contributed by atoms with van der Waals surface area (Å²) < 4.78 is 32.7. The number of nitrogens with zero attached hydrogens (tertiary/aromatic N) is 1. The topological polar surface area (TPSA) is 84.9 Å². The number of carbonyl (C=O) groups excluding carboxylic acids is 1. The highest BCUT2D eigenvalue weighted by atomic mass is 32.2. The molecule has 1 amide bonds. The van der Waals surface area contributed by atoms with E-state index in [9.17, 15) is 13.2 Å². The summed E-state index contributed by atoms with van der Waals surface area (Å²) in [7, 11) is -3.63. The van der Waals surface area contributed by atoms with E-state index in [-0.39, 0.29) is 23.7 Å². The number of ether oxygens (including phenoxy) is 1. The molecule has 28 heavy (non-hydrogen) atoms. The number of hydroxylamine groups is 1. The Morgan fingerprint density at radius 2 is 1.68 bits per heavy atom. The summed E-state index contributed by atoms with van der Waals surface area (Å²) in [6, 6.07) is 15.3. The van der Waals surface area contributed by atoms with Crippen molar-refractivity contribution in [2.24, 2.45) is 0 Å². The fourth-order valence-corrected chi connectivity index (χ4v) is 4.66. The molecule has 0 aromatic heterocycles. The van der Waals surface area contributed by atoms with E-state index in [1.807, 2.05) is 44.2 Å². The van der Waals surface area contributed by atoms with Gasteiger partial charge in [-0.2, -0.15) is 4.31 Å². The standard InChI is InChI=1S/C20H24N2O5S/c1-15-12-22(13-16(2)27-15)28(24,25)19-10-8-18(9-11-19)20(23)21-26-14-17-6-4-3-5-7-17/h3-11,15-16H,12-14H2,1-2H3,(H,21,23)/t15-,16-/m0/s1. The molecular formula is C20H24N2O5S. The molecule has 0 aliphatic carbocycles. The molecule has 1 fully saturated rings. The van der Waals surface area contributed by atoms with Crippen LogP contribution in [0.1, 0.15) is 29.8 Å². The van der Waals surface area contributed by atoms with E-state index in [2.05, 4.69) is 5.48 Å². The number of hydrogen-bond donors (Lipinski definition) is 1. The van der Waals surface area contributed by atoms with Gasteiger partial charge in [-0.3, -0.25) is 9.63 Å². The SMILES string of the molecule is C[C@H]1CN(S(=O)(=O)c2ccc(C(=O)NOCc3ccccc3)cc2)C[C@H](C)O1. The third-order valence-corrected chi connectivity index (χ3v) is 6.23. The maximum Gasteiger partial charge on any atom is 0.274 e. The molecule has 1 N–H and O–H groups in total. The quantitative estimate of drug-likeness (QED) is 0.747. The molecule has 3 rings (SSSR count). The Morgan fingerprint density at radius 3 is 2.29 bits per heavy atom. The number of rotatable bonds is 6. The van der Waals surface area contributed by atoms with Crippen LogP contribution in [-0.2, 0) is 26.2 Å². The number of morpholine rings is 1. The highest BCUT2D eigenvalue weighted by molar-refractivity contribution is 7.89. The maximum atomic E-state index is 12.8. The predicted octanol–water partition coefficient (Wildman–Crippen LogP) is 2.35. The lowest BCUT2D eigenvalue weighted by Crippen LogP contribution is -2.48. The lowest BCUT2D eigenvalue weighted by Gasteiger charge is -2.34. The molecule has 0 bridgehead atoms. The molecule has 1 aliphatic rings. The number of nitrogens with one attached hydrogen (secondary N) is 1. The average molecular weight is 404 g/mol. The normalized spacial score (nSPS) is 20.6. The fraction of sp³-hybridized carbons (Fsp3) is 0.350. The minimum absolute atomic E-state index is 0.149. The summed E-state index contributed by atoms with van der Waals surface area (Å²) in [6.07, 6.45) is -0.323. The van der Waals surface area contributed by atoms with Crippen molar-refractivity contribution in [1.29, 1.82) is 0 Å². The van der Waals surface area contributed by atoms with Crippen LogP contribution in [-0.4, -0.2) is 43.9 Å². The van der Waals surface area contributed by atoms with Crippen molar-refractivity contribution in [3.63, 3.8) is 0 Å². The number of carbonyl (C=O) groups is 1. The molecule has 150 valence electrons. The summed E-state index contributed by atoms with van der Waals surface area (Å²) in [6.45, 7) is 4.55. The molecule has 0 unspecified atom stereocenters. The van der Waals surface area contributed by atoms with Crippen LogP contribution in [0.4, 0.5) is 0 Å². The van der Waals surface area contributed by atoms with Gasteiger partial charge in [-0.1, -0.05) is 30.3 Å². The monoisotopic (exact) mass is 404 g/mol. The largest absolute Gasteiger partial charge is 0.373 e. The van der Waals surface area contributed by atoms with Crippen LogP contribution < -0.4 is 5.48 Å². The summed E-state index contributed by atoms with van der Waals surface area (Å²) in [5.41, 5.74) is 3.61. The van der Waals surface area contributed by atoms with Crippen LogP contribution in [0.25, 0.3) is 0 Å². The summed E-state index contributed by atoms with van der Waals surface area (Å²) >= 11 is 0. The fourth-order valence-electron chi connectivity index (χ4n) is 3.07. The molecule has 8 heteroatoms. The van der Waals surface area contributed by atoms with Gasteiger partial charge in [-0.15, -0.1) is 0 Å². The predicted molar refractivity (Wildman–Crippen MR) is 104 cm³/mol. The van der Waals surface area contributed by atoms with Crippen molar-refractivity contribution < 1.29 is 22.8 Å². The average Bonchev–Trinajstić information content (AvgIpc) is 2.68. The van der Waals surface area contributed by atoms with Gasteiger partial charge in [-0.05, 0) is 43.7 Å². The van der Waals surface area contributed by atoms with Gasteiger partial charge in [0.1, 0.15) is 0 Å². The van der Waals surface area contributed by atoms with Gasteiger partial charge in [-0.25, -0.2) is 13.9 Å². The maximum absolute atomic E-state index is 12.8. The van der Waals surface area contributed by atoms with Crippen LogP contribution in [0.3, 0.4) is 0 Å². The van der Waals surface area contributed by atoms with Crippen molar-refractivity contribution in [2.75, 3.05) is 13.1 Å². The number of hydrogen-bond acceptors (Lipinski definition) is 5. The van der Waals surface area contributed by atoms with Gasteiger partial charge in [0, 0.05) is 18.7 Å². The molecule has 2 aromatic carbocycles. The highest BCUT2D eigenvalue weighted by Gasteiger charge is 2.32. The molecule has 7 nitrogen and oxygen atoms in total. The first-order valence-electron chi connectivity index (χ1n) is 9.08. The Bertz CT molecular complexity index is 890. The van der Waals surface area contributed by atoms with Crippen LogP contribution >= 0.6 is 0 Å². The van der Waals surface area contributed by atoms with E-state index in [1.165, 1.54) is 28.6 Å². The van der Waals surface area contributed by atoms with Gasteiger partial charge in [0.2, 0.25) is 10.0 Å². The van der Waals surface area contributed by atoms with E-state index in [0.29, 0.717) is 18.7 Å². The molecule has 2 aromatic rings. The van der Waals surface area contributed by atoms with Gasteiger partial charge >= 0.3 is 0 Å². The zero-order valence-corrected chi connectivity index (χ0v) is 16.7. The first kappa shape index (κ1) is 20.5. The summed E-state index contributed by atoms with van der Waals surface area (Å²) in [5.74, 6) is -0.437. The van der Waals surface area contributed by atoms with Crippen LogP contribution in [0.15, 0.2) is 59.5 Å². The second-order valence-corrected chi connectivity index (χ2v) is 8.75. The molecule has 1 saturated heterocycles. The van der Waals surface area contributed by atoms with Crippen LogP contribution in [0.5, 0.6) is 0 Å². The summed E-state index contributed by atoms with van der Waals surface area (Å²) in [5, 5.41) is 0. The lowest BCUT2D eigenvalue weighted by atomic mass is 10.2. The Morgan fingerprint density at radius 1 is 1.07 bits per heavy atom. The van der Waals surface area contributed by atoms with Crippen LogP contribution in [0, 0.1) is 0 Å². The van der Waals surface area contributed by atoms with Crippen molar-refractivity contribution in [3.05, 3.63) is 65.7 Å². The second kappa shape index (κ2) is 8.83. The number of sulfonamides is 1. The minimum atomic E-state index is -3.63. The molecule has 0 spiro atoms. The first-order chi connectivity index (χ1) is 13.4. The lowest BCUT2D eigenvalue weighted by molar-refractivity contribution is -0.0440. The van der Waals surface area contributed by atoms with E-state index in [0.717, 1.165) is 5.56 Å².